The summed E-state index contributed by atoms with van der Waals surface area (Å²) in [5.41, 5.74) is 4.63. The lowest BCUT2D eigenvalue weighted by Gasteiger charge is -2.28. The van der Waals surface area contributed by atoms with Crippen molar-refractivity contribution in [2.75, 3.05) is 12.3 Å². The summed E-state index contributed by atoms with van der Waals surface area (Å²) in [7, 11) is 0. The second-order valence-electron chi connectivity index (χ2n) is 7.06. The highest BCUT2D eigenvalue weighted by molar-refractivity contribution is 7.99. The number of rotatable bonds is 9. The van der Waals surface area contributed by atoms with E-state index in [0.717, 1.165) is 11.3 Å². The van der Waals surface area contributed by atoms with Gasteiger partial charge in [0.25, 0.3) is 0 Å². The summed E-state index contributed by atoms with van der Waals surface area (Å²) in [5.74, 6) is 0.994. The van der Waals surface area contributed by atoms with Gasteiger partial charge >= 0.3 is 0 Å². The first-order valence-corrected chi connectivity index (χ1v) is 10.8. The molecule has 0 aliphatic heterocycles. The van der Waals surface area contributed by atoms with Gasteiger partial charge in [0.15, 0.2) is 0 Å². The third-order valence-corrected chi connectivity index (χ3v) is 5.56. The molecule has 0 radical (unpaired) electrons. The Balaban J connectivity index is 2.04. The number of aryl methyl sites for hydroxylation is 2. The van der Waals surface area contributed by atoms with Crippen molar-refractivity contribution >= 4 is 23.6 Å². The Hall–Kier alpha value is -2.27. The zero-order valence-electron chi connectivity index (χ0n) is 17.2. The summed E-state index contributed by atoms with van der Waals surface area (Å²) in [6.07, 6.45) is 0. The average molecular weight is 399 g/mol. The topological polar surface area (TPSA) is 49.4 Å². The number of carbonyl (C=O) groups is 2. The van der Waals surface area contributed by atoms with Gasteiger partial charge in [-0.3, -0.25) is 9.59 Å². The largest absolute Gasteiger partial charge is 0.355 e. The van der Waals surface area contributed by atoms with E-state index in [1.165, 1.54) is 16.7 Å². The third kappa shape index (κ3) is 6.71. The molecule has 1 atom stereocenters. The molecule has 0 saturated carbocycles. The van der Waals surface area contributed by atoms with Crippen molar-refractivity contribution in [3.8, 4) is 0 Å². The molecule has 0 aromatic heterocycles. The summed E-state index contributed by atoms with van der Waals surface area (Å²) in [5, 5.41) is 2.82. The average Bonchev–Trinajstić information content (AvgIpc) is 2.67. The molecule has 5 heteroatoms. The molecule has 28 heavy (non-hydrogen) atoms. The zero-order valence-corrected chi connectivity index (χ0v) is 18.0. The molecular weight excluding hydrogens is 368 g/mol. The third-order valence-electron chi connectivity index (χ3n) is 4.57. The number of hydrogen-bond acceptors (Lipinski definition) is 3. The molecule has 4 nitrogen and oxygen atoms in total. The molecule has 2 rings (SSSR count). The van der Waals surface area contributed by atoms with Gasteiger partial charge in [0.2, 0.25) is 11.8 Å². The van der Waals surface area contributed by atoms with Crippen molar-refractivity contribution in [1.82, 2.24) is 10.2 Å². The predicted molar refractivity (Wildman–Crippen MR) is 117 cm³/mol. The number of amides is 2. The predicted octanol–water partition coefficient (Wildman–Crippen LogP) is 4.09. The maximum Gasteiger partial charge on any atom is 0.242 e. The second-order valence-corrected chi connectivity index (χ2v) is 8.05. The number of hydrogen-bond donors (Lipinski definition) is 1. The lowest BCUT2D eigenvalue weighted by atomic mass is 10.1. The van der Waals surface area contributed by atoms with Crippen LogP contribution in [-0.2, 0) is 21.9 Å². The van der Waals surface area contributed by atoms with Gasteiger partial charge in [0.1, 0.15) is 6.04 Å². The van der Waals surface area contributed by atoms with Crippen LogP contribution in [0.4, 0.5) is 0 Å². The summed E-state index contributed by atoms with van der Waals surface area (Å²) in [6, 6.07) is 15.9. The molecule has 0 aliphatic carbocycles. The van der Waals surface area contributed by atoms with E-state index in [9.17, 15) is 9.59 Å². The zero-order chi connectivity index (χ0) is 20.5. The molecule has 2 aromatic rings. The van der Waals surface area contributed by atoms with E-state index in [1.54, 1.807) is 23.6 Å². The van der Waals surface area contributed by atoms with Crippen molar-refractivity contribution in [3.63, 3.8) is 0 Å². The van der Waals surface area contributed by atoms with Gasteiger partial charge in [-0.05, 0) is 38.8 Å². The van der Waals surface area contributed by atoms with Crippen LogP contribution in [0.25, 0.3) is 0 Å². The van der Waals surface area contributed by atoms with E-state index in [4.69, 9.17) is 0 Å². The quantitative estimate of drug-likeness (QED) is 0.692. The van der Waals surface area contributed by atoms with Crippen molar-refractivity contribution in [2.45, 2.75) is 46.0 Å². The maximum atomic E-state index is 12.9. The number of likely N-dealkylation sites (N-methyl/N-ethyl adjacent to an activating group) is 1. The van der Waals surface area contributed by atoms with Gasteiger partial charge in [-0.2, -0.15) is 0 Å². The van der Waals surface area contributed by atoms with Crippen LogP contribution in [0.15, 0.2) is 48.5 Å². The molecular formula is C23H30N2O2S. The first kappa shape index (κ1) is 22.0. The minimum atomic E-state index is -0.506. The summed E-state index contributed by atoms with van der Waals surface area (Å²) >= 11 is 1.58. The van der Waals surface area contributed by atoms with E-state index in [2.05, 4.69) is 30.4 Å². The van der Waals surface area contributed by atoms with E-state index in [-0.39, 0.29) is 11.8 Å². The van der Waals surface area contributed by atoms with Crippen LogP contribution in [0.3, 0.4) is 0 Å². The van der Waals surface area contributed by atoms with Crippen molar-refractivity contribution in [2.24, 2.45) is 0 Å². The second kappa shape index (κ2) is 10.9. The van der Waals surface area contributed by atoms with E-state index < -0.39 is 6.04 Å². The van der Waals surface area contributed by atoms with Crippen LogP contribution in [-0.4, -0.2) is 35.1 Å². The highest BCUT2D eigenvalue weighted by Crippen LogP contribution is 2.17. The Morgan fingerprint density at radius 1 is 1.04 bits per heavy atom. The van der Waals surface area contributed by atoms with Crippen LogP contribution in [0.5, 0.6) is 0 Å². The fourth-order valence-electron chi connectivity index (χ4n) is 2.94. The number of nitrogens with zero attached hydrogens (tertiary/aromatic N) is 1. The molecule has 2 amide bonds. The number of benzene rings is 2. The first-order chi connectivity index (χ1) is 13.4. The fraction of sp³-hybridized carbons (Fsp3) is 0.391. The van der Waals surface area contributed by atoms with Crippen molar-refractivity contribution in [1.29, 1.82) is 0 Å². The van der Waals surface area contributed by atoms with E-state index in [0.29, 0.717) is 18.8 Å². The first-order valence-electron chi connectivity index (χ1n) is 9.66. The van der Waals surface area contributed by atoms with Gasteiger partial charge < -0.3 is 10.2 Å². The lowest BCUT2D eigenvalue weighted by Crippen LogP contribution is -2.48. The highest BCUT2D eigenvalue weighted by Gasteiger charge is 2.25. The maximum absolute atomic E-state index is 12.9. The lowest BCUT2D eigenvalue weighted by molar-refractivity contribution is -0.138. The van der Waals surface area contributed by atoms with E-state index >= 15 is 0 Å². The van der Waals surface area contributed by atoms with Crippen LogP contribution in [0, 0.1) is 13.8 Å². The smallest absolute Gasteiger partial charge is 0.242 e. The SMILES string of the molecule is CCNC(=O)[C@H](C)N(Cc1ccc(C)cc1)C(=O)CSCc1cccc(C)c1. The molecule has 0 aliphatic rings. The molecule has 0 heterocycles. The van der Waals surface area contributed by atoms with Gasteiger partial charge in [0.05, 0.1) is 5.75 Å². The Kier molecular flexibility index (Phi) is 8.58. The standard InChI is InChI=1S/C23H30N2O2S/c1-5-24-23(27)19(4)25(14-20-11-9-17(2)10-12-20)22(26)16-28-15-21-8-6-7-18(3)13-21/h6-13,19H,5,14-16H2,1-4H3,(H,24,27)/t19-/m0/s1. The molecule has 1 N–H and O–H groups in total. The minimum Gasteiger partial charge on any atom is -0.355 e. The normalized spacial score (nSPS) is 11.7. The monoisotopic (exact) mass is 398 g/mol. The van der Waals surface area contributed by atoms with Gasteiger partial charge in [-0.1, -0.05) is 59.7 Å². The minimum absolute atomic E-state index is 0.0167. The van der Waals surface area contributed by atoms with Crippen LogP contribution in [0.1, 0.15) is 36.1 Å². The Labute approximate surface area is 172 Å². The Morgan fingerprint density at radius 3 is 2.39 bits per heavy atom. The summed E-state index contributed by atoms with van der Waals surface area (Å²) in [6.45, 7) is 8.76. The molecule has 0 saturated heterocycles. The van der Waals surface area contributed by atoms with E-state index in [1.807, 2.05) is 44.2 Å². The highest BCUT2D eigenvalue weighted by atomic mass is 32.2. The molecule has 2 aromatic carbocycles. The Morgan fingerprint density at radius 2 is 1.75 bits per heavy atom. The van der Waals surface area contributed by atoms with Crippen molar-refractivity contribution < 1.29 is 9.59 Å². The molecule has 0 unspecified atom stereocenters. The van der Waals surface area contributed by atoms with Crippen molar-refractivity contribution in [3.05, 3.63) is 70.8 Å². The summed E-state index contributed by atoms with van der Waals surface area (Å²) < 4.78 is 0. The van der Waals surface area contributed by atoms with Gasteiger partial charge in [-0.25, -0.2) is 0 Å². The number of nitrogens with one attached hydrogen (secondary N) is 1. The van der Waals surface area contributed by atoms with Crippen LogP contribution in [0.2, 0.25) is 0 Å². The molecule has 150 valence electrons. The fourth-order valence-corrected chi connectivity index (χ4v) is 3.79. The number of thioether (sulfide) groups is 1. The molecule has 0 spiro atoms. The van der Waals surface area contributed by atoms with Crippen LogP contribution >= 0.6 is 11.8 Å². The summed E-state index contributed by atoms with van der Waals surface area (Å²) in [4.78, 5) is 27.0. The Bertz CT molecular complexity index is 789. The molecule has 0 bridgehead atoms. The van der Waals surface area contributed by atoms with Crippen LogP contribution < -0.4 is 5.32 Å². The molecule has 0 fully saturated rings. The van der Waals surface area contributed by atoms with Gasteiger partial charge in [-0.15, -0.1) is 11.8 Å². The van der Waals surface area contributed by atoms with Gasteiger partial charge in [0, 0.05) is 18.8 Å². The number of carbonyl (C=O) groups excluding carboxylic acids is 2.